The minimum absolute atomic E-state index is 0.0245. The van der Waals surface area contributed by atoms with Crippen LogP contribution < -0.4 is 14.8 Å². The van der Waals surface area contributed by atoms with E-state index in [0.717, 1.165) is 19.4 Å². The van der Waals surface area contributed by atoms with Gasteiger partial charge in [0.25, 0.3) is 0 Å². The predicted octanol–water partition coefficient (Wildman–Crippen LogP) is 0.0151. The molecule has 1 aliphatic carbocycles. The molecule has 0 aliphatic heterocycles. The second-order valence-corrected chi connectivity index (χ2v) is 8.60. The van der Waals surface area contributed by atoms with Crippen LogP contribution in [-0.2, 0) is 20.0 Å². The Morgan fingerprint density at radius 2 is 1.68 bits per heavy atom. The summed E-state index contributed by atoms with van der Waals surface area (Å²) in [5.41, 5.74) is 0. The first-order chi connectivity index (χ1) is 10.3. The van der Waals surface area contributed by atoms with Gasteiger partial charge in [-0.3, -0.25) is 0 Å². The summed E-state index contributed by atoms with van der Waals surface area (Å²) < 4.78 is 53.5. The minimum atomic E-state index is -3.72. The van der Waals surface area contributed by atoms with Crippen molar-refractivity contribution in [2.24, 2.45) is 0 Å². The maximum Gasteiger partial charge on any atom is 0.240 e. The summed E-state index contributed by atoms with van der Waals surface area (Å²) in [4.78, 5) is -0.0865. The SMILES string of the molecule is CCNCCNS(=O)(=O)c1cccc(S(=O)(=O)NC2CC2)c1. The first-order valence-corrected chi connectivity index (χ1v) is 10.1. The Bertz CT molecular complexity index is 713. The van der Waals surface area contributed by atoms with Gasteiger partial charge in [0.2, 0.25) is 20.0 Å². The first kappa shape index (κ1) is 17.4. The molecular formula is C13H21N3O4S2. The Balaban J connectivity index is 2.13. The van der Waals surface area contributed by atoms with E-state index in [1.165, 1.54) is 24.3 Å². The number of hydrogen-bond acceptors (Lipinski definition) is 5. The van der Waals surface area contributed by atoms with Crippen molar-refractivity contribution in [3.63, 3.8) is 0 Å². The van der Waals surface area contributed by atoms with Gasteiger partial charge in [-0.05, 0) is 37.6 Å². The lowest BCUT2D eigenvalue weighted by Gasteiger charge is -2.09. The molecule has 124 valence electrons. The summed E-state index contributed by atoms with van der Waals surface area (Å²) in [5, 5.41) is 3.00. The van der Waals surface area contributed by atoms with E-state index < -0.39 is 20.0 Å². The number of likely N-dealkylation sites (N-methyl/N-ethyl adjacent to an activating group) is 1. The van der Waals surface area contributed by atoms with Gasteiger partial charge in [0, 0.05) is 19.1 Å². The van der Waals surface area contributed by atoms with E-state index in [-0.39, 0.29) is 22.4 Å². The molecule has 7 nitrogen and oxygen atoms in total. The van der Waals surface area contributed by atoms with Crippen LogP contribution in [0.15, 0.2) is 34.1 Å². The summed E-state index contributed by atoms with van der Waals surface area (Å²) >= 11 is 0. The molecule has 0 amide bonds. The Kier molecular flexibility index (Phi) is 5.56. The Hall–Kier alpha value is -1.00. The highest BCUT2D eigenvalue weighted by Gasteiger charge is 2.28. The summed E-state index contributed by atoms with van der Waals surface area (Å²) in [6.07, 6.45) is 1.65. The third-order valence-electron chi connectivity index (χ3n) is 3.17. The maximum absolute atomic E-state index is 12.2. The predicted molar refractivity (Wildman–Crippen MR) is 83.5 cm³/mol. The monoisotopic (exact) mass is 347 g/mol. The van der Waals surface area contributed by atoms with Crippen LogP contribution in [0.4, 0.5) is 0 Å². The molecule has 2 rings (SSSR count). The van der Waals surface area contributed by atoms with Gasteiger partial charge in [-0.2, -0.15) is 0 Å². The molecular weight excluding hydrogens is 326 g/mol. The third-order valence-corrected chi connectivity index (χ3v) is 6.15. The van der Waals surface area contributed by atoms with Crippen molar-refractivity contribution < 1.29 is 16.8 Å². The molecule has 0 saturated heterocycles. The Morgan fingerprint density at radius 1 is 1.05 bits per heavy atom. The molecule has 1 aliphatic rings. The smallest absolute Gasteiger partial charge is 0.240 e. The van der Waals surface area contributed by atoms with Gasteiger partial charge in [-0.25, -0.2) is 26.3 Å². The lowest BCUT2D eigenvalue weighted by Crippen LogP contribution is -2.32. The molecule has 1 saturated carbocycles. The van der Waals surface area contributed by atoms with Gasteiger partial charge in [0.1, 0.15) is 0 Å². The highest BCUT2D eigenvalue weighted by molar-refractivity contribution is 7.90. The van der Waals surface area contributed by atoms with Crippen molar-refractivity contribution in [1.82, 2.24) is 14.8 Å². The molecule has 0 heterocycles. The topological polar surface area (TPSA) is 104 Å². The van der Waals surface area contributed by atoms with Crippen LogP contribution in [0.3, 0.4) is 0 Å². The van der Waals surface area contributed by atoms with E-state index in [4.69, 9.17) is 0 Å². The fourth-order valence-corrected chi connectivity index (χ4v) is 4.33. The molecule has 1 aromatic rings. The Morgan fingerprint density at radius 3 is 2.27 bits per heavy atom. The second-order valence-electron chi connectivity index (χ2n) is 5.12. The van der Waals surface area contributed by atoms with Gasteiger partial charge >= 0.3 is 0 Å². The molecule has 0 spiro atoms. The first-order valence-electron chi connectivity index (χ1n) is 7.18. The van der Waals surface area contributed by atoms with Crippen molar-refractivity contribution in [3.8, 4) is 0 Å². The van der Waals surface area contributed by atoms with E-state index >= 15 is 0 Å². The van der Waals surface area contributed by atoms with Crippen LogP contribution >= 0.6 is 0 Å². The molecule has 1 aromatic carbocycles. The molecule has 0 bridgehead atoms. The van der Waals surface area contributed by atoms with Crippen LogP contribution in [0, 0.1) is 0 Å². The summed E-state index contributed by atoms with van der Waals surface area (Å²) in [5.74, 6) is 0. The summed E-state index contributed by atoms with van der Waals surface area (Å²) in [7, 11) is -7.38. The number of rotatable bonds is 9. The molecule has 9 heteroatoms. The second kappa shape index (κ2) is 7.05. The van der Waals surface area contributed by atoms with Crippen LogP contribution in [0.2, 0.25) is 0 Å². The van der Waals surface area contributed by atoms with Gasteiger partial charge in [-0.1, -0.05) is 13.0 Å². The minimum Gasteiger partial charge on any atom is -0.316 e. The molecule has 0 unspecified atom stereocenters. The highest BCUT2D eigenvalue weighted by Crippen LogP contribution is 2.23. The normalized spacial score (nSPS) is 15.9. The number of sulfonamides is 2. The van der Waals surface area contributed by atoms with E-state index in [2.05, 4.69) is 14.8 Å². The van der Waals surface area contributed by atoms with Crippen molar-refractivity contribution in [1.29, 1.82) is 0 Å². The van der Waals surface area contributed by atoms with Crippen LogP contribution in [-0.4, -0.2) is 42.5 Å². The highest BCUT2D eigenvalue weighted by atomic mass is 32.2. The largest absolute Gasteiger partial charge is 0.316 e. The molecule has 3 N–H and O–H groups in total. The number of nitrogens with one attached hydrogen (secondary N) is 3. The number of hydrogen-bond donors (Lipinski definition) is 3. The lowest BCUT2D eigenvalue weighted by molar-refractivity contribution is 0.576. The summed E-state index contributed by atoms with van der Waals surface area (Å²) in [6.45, 7) is 3.43. The fraction of sp³-hybridized carbons (Fsp3) is 0.538. The molecule has 0 aromatic heterocycles. The van der Waals surface area contributed by atoms with Crippen molar-refractivity contribution in [2.45, 2.75) is 35.6 Å². The molecule has 0 radical (unpaired) electrons. The van der Waals surface area contributed by atoms with Gasteiger partial charge in [0.15, 0.2) is 0 Å². The molecule has 22 heavy (non-hydrogen) atoms. The zero-order chi connectivity index (χ0) is 16.2. The molecule has 0 atom stereocenters. The van der Waals surface area contributed by atoms with Gasteiger partial charge < -0.3 is 5.32 Å². The van der Waals surface area contributed by atoms with Crippen molar-refractivity contribution in [3.05, 3.63) is 24.3 Å². The van der Waals surface area contributed by atoms with Crippen LogP contribution in [0.5, 0.6) is 0 Å². The number of benzene rings is 1. The standard InChI is InChI=1S/C13H21N3O4S2/c1-2-14-8-9-15-21(17,18)12-4-3-5-13(10-12)22(19,20)16-11-6-7-11/h3-5,10-11,14-16H,2,6-9H2,1H3. The average molecular weight is 347 g/mol. The quantitative estimate of drug-likeness (QED) is 0.546. The average Bonchev–Trinajstić information content (AvgIpc) is 3.27. The zero-order valence-corrected chi connectivity index (χ0v) is 14.0. The third kappa shape index (κ3) is 4.75. The van der Waals surface area contributed by atoms with Crippen LogP contribution in [0.1, 0.15) is 19.8 Å². The molecule has 1 fully saturated rings. The van der Waals surface area contributed by atoms with E-state index in [1.807, 2.05) is 6.92 Å². The lowest BCUT2D eigenvalue weighted by atomic mass is 10.4. The van der Waals surface area contributed by atoms with E-state index in [1.54, 1.807) is 0 Å². The van der Waals surface area contributed by atoms with Gasteiger partial charge in [0.05, 0.1) is 9.79 Å². The van der Waals surface area contributed by atoms with Gasteiger partial charge in [-0.15, -0.1) is 0 Å². The summed E-state index contributed by atoms with van der Waals surface area (Å²) in [6, 6.07) is 5.36. The van der Waals surface area contributed by atoms with Crippen LogP contribution in [0.25, 0.3) is 0 Å². The van der Waals surface area contributed by atoms with Crippen molar-refractivity contribution in [2.75, 3.05) is 19.6 Å². The fourth-order valence-electron chi connectivity index (χ4n) is 1.83. The maximum atomic E-state index is 12.2. The zero-order valence-electron chi connectivity index (χ0n) is 12.4. The van der Waals surface area contributed by atoms with Crippen molar-refractivity contribution >= 4 is 20.0 Å². The van der Waals surface area contributed by atoms with E-state index in [0.29, 0.717) is 6.54 Å². The van der Waals surface area contributed by atoms with E-state index in [9.17, 15) is 16.8 Å². The Labute approximate surface area is 131 Å².